The molecule has 1 rings (SSSR count). The molecule has 0 aliphatic carbocycles. The molecule has 2 atom stereocenters. The number of nitrogens with two attached hydrogens (primary N) is 1. The summed E-state index contributed by atoms with van der Waals surface area (Å²) in [5, 5.41) is 0. The zero-order chi connectivity index (χ0) is 12.0. The largest absolute Gasteiger partial charge is 0.382 e. The van der Waals surface area contributed by atoms with Crippen molar-refractivity contribution in [3.05, 3.63) is 35.9 Å². The summed E-state index contributed by atoms with van der Waals surface area (Å²) in [7, 11) is 3.06. The fourth-order valence-electron chi connectivity index (χ4n) is 1.45. The average Bonchev–Trinajstić information content (AvgIpc) is 2.35. The van der Waals surface area contributed by atoms with Gasteiger partial charge in [-0.15, -0.1) is 0 Å². The maximum absolute atomic E-state index is 12.0. The summed E-state index contributed by atoms with van der Waals surface area (Å²) in [6, 6.07) is 8.23. The molecule has 4 heteroatoms. The van der Waals surface area contributed by atoms with Crippen LogP contribution in [0.25, 0.3) is 0 Å². The van der Waals surface area contributed by atoms with Gasteiger partial charge in [0, 0.05) is 19.8 Å². The molecule has 0 bridgehead atoms. The number of ketones is 1. The van der Waals surface area contributed by atoms with E-state index in [-0.39, 0.29) is 5.78 Å². The Morgan fingerprint density at radius 3 is 2.44 bits per heavy atom. The van der Waals surface area contributed by atoms with E-state index in [4.69, 9.17) is 15.2 Å². The van der Waals surface area contributed by atoms with E-state index in [1.54, 1.807) is 31.4 Å². The van der Waals surface area contributed by atoms with Gasteiger partial charge < -0.3 is 15.2 Å². The predicted molar refractivity (Wildman–Crippen MR) is 61.4 cm³/mol. The monoisotopic (exact) mass is 223 g/mol. The first kappa shape index (κ1) is 12.8. The molecule has 1 aromatic carbocycles. The summed E-state index contributed by atoms with van der Waals surface area (Å²) in [6.45, 7) is 0.302. The molecular formula is C12H17NO3. The molecule has 1 aromatic rings. The minimum absolute atomic E-state index is 0.135. The van der Waals surface area contributed by atoms with Gasteiger partial charge in [0.2, 0.25) is 0 Å². The molecule has 4 nitrogen and oxygen atoms in total. The van der Waals surface area contributed by atoms with Crippen LogP contribution >= 0.6 is 0 Å². The number of Topliss-reactive ketones (excluding diaryl/α,β-unsaturated/α-hetero) is 1. The molecule has 88 valence electrons. The molecule has 0 fully saturated rings. The summed E-state index contributed by atoms with van der Waals surface area (Å²) in [4.78, 5) is 12.0. The number of hydrogen-bond acceptors (Lipinski definition) is 4. The fraction of sp³-hybridized carbons (Fsp3) is 0.417. The van der Waals surface area contributed by atoms with Crippen LogP contribution in [-0.4, -0.2) is 38.8 Å². The lowest BCUT2D eigenvalue weighted by atomic mass is 10.0. The van der Waals surface area contributed by atoms with Crippen molar-refractivity contribution in [1.82, 2.24) is 0 Å². The van der Waals surface area contributed by atoms with Crippen molar-refractivity contribution in [3.8, 4) is 0 Å². The Morgan fingerprint density at radius 1 is 1.31 bits per heavy atom. The maximum atomic E-state index is 12.0. The number of methoxy groups -OCH3 is 2. The van der Waals surface area contributed by atoms with Gasteiger partial charge in [-0.05, 0) is 0 Å². The maximum Gasteiger partial charge on any atom is 0.182 e. The van der Waals surface area contributed by atoms with Crippen LogP contribution in [0.15, 0.2) is 30.3 Å². The van der Waals surface area contributed by atoms with E-state index in [1.807, 2.05) is 6.07 Å². The Bertz CT molecular complexity index is 326. The second-order valence-electron chi connectivity index (χ2n) is 3.49. The third-order valence-corrected chi connectivity index (χ3v) is 2.40. The molecule has 0 amide bonds. The van der Waals surface area contributed by atoms with Crippen LogP contribution in [0.4, 0.5) is 0 Å². The van der Waals surface area contributed by atoms with Crippen LogP contribution in [-0.2, 0) is 9.47 Å². The number of carbonyl (C=O) groups is 1. The highest BCUT2D eigenvalue weighted by Crippen LogP contribution is 2.07. The van der Waals surface area contributed by atoms with Crippen molar-refractivity contribution >= 4 is 5.78 Å². The number of rotatable bonds is 6. The molecule has 0 aliphatic rings. The van der Waals surface area contributed by atoms with Gasteiger partial charge in [0.1, 0.15) is 6.10 Å². The topological polar surface area (TPSA) is 61.6 Å². The Kier molecular flexibility index (Phi) is 5.11. The van der Waals surface area contributed by atoms with E-state index in [2.05, 4.69) is 0 Å². The highest BCUT2D eigenvalue weighted by molar-refractivity contribution is 6.00. The first-order valence-electron chi connectivity index (χ1n) is 5.07. The smallest absolute Gasteiger partial charge is 0.182 e. The summed E-state index contributed by atoms with van der Waals surface area (Å²) >= 11 is 0. The zero-order valence-electron chi connectivity index (χ0n) is 9.55. The molecule has 0 heterocycles. The summed E-state index contributed by atoms with van der Waals surface area (Å²) in [5.74, 6) is -0.135. The highest BCUT2D eigenvalue weighted by Gasteiger charge is 2.25. The van der Waals surface area contributed by atoms with E-state index >= 15 is 0 Å². The second kappa shape index (κ2) is 6.37. The molecule has 2 N–H and O–H groups in total. The number of ether oxygens (including phenoxy) is 2. The number of carbonyl (C=O) groups excluding carboxylic acids is 1. The highest BCUT2D eigenvalue weighted by atomic mass is 16.5. The van der Waals surface area contributed by atoms with E-state index in [1.165, 1.54) is 7.11 Å². The quantitative estimate of drug-likeness (QED) is 0.726. The van der Waals surface area contributed by atoms with Crippen molar-refractivity contribution in [2.45, 2.75) is 12.1 Å². The standard InChI is InChI=1S/C12H17NO3/c1-15-8-10(16-2)11(13)12(14)9-6-4-3-5-7-9/h3-7,10-11H,8,13H2,1-2H3. The summed E-state index contributed by atoms with van der Waals surface area (Å²) < 4.78 is 10.1. The van der Waals surface area contributed by atoms with Gasteiger partial charge in [-0.2, -0.15) is 0 Å². The van der Waals surface area contributed by atoms with Crippen molar-refractivity contribution in [2.24, 2.45) is 5.73 Å². The van der Waals surface area contributed by atoms with E-state index < -0.39 is 12.1 Å². The molecule has 0 aromatic heterocycles. The molecule has 16 heavy (non-hydrogen) atoms. The molecule has 0 spiro atoms. The fourth-order valence-corrected chi connectivity index (χ4v) is 1.45. The molecule has 0 saturated heterocycles. The van der Waals surface area contributed by atoms with Crippen molar-refractivity contribution in [1.29, 1.82) is 0 Å². The molecule has 2 unspecified atom stereocenters. The van der Waals surface area contributed by atoms with Crippen LogP contribution in [0, 0.1) is 0 Å². The van der Waals surface area contributed by atoms with Crippen LogP contribution in [0.2, 0.25) is 0 Å². The molecule has 0 aliphatic heterocycles. The zero-order valence-corrected chi connectivity index (χ0v) is 9.55. The second-order valence-corrected chi connectivity index (χ2v) is 3.49. The van der Waals surface area contributed by atoms with E-state index in [9.17, 15) is 4.79 Å². The van der Waals surface area contributed by atoms with Gasteiger partial charge >= 0.3 is 0 Å². The Hall–Kier alpha value is -1.23. The van der Waals surface area contributed by atoms with E-state index in [0.29, 0.717) is 12.2 Å². The lowest BCUT2D eigenvalue weighted by Crippen LogP contribution is -2.45. The average molecular weight is 223 g/mol. The van der Waals surface area contributed by atoms with Gasteiger partial charge in [-0.3, -0.25) is 4.79 Å². The van der Waals surface area contributed by atoms with Gasteiger partial charge in [-0.1, -0.05) is 30.3 Å². The lowest BCUT2D eigenvalue weighted by Gasteiger charge is -2.20. The first-order chi connectivity index (χ1) is 7.70. The minimum Gasteiger partial charge on any atom is -0.382 e. The SMILES string of the molecule is COCC(OC)C(N)C(=O)c1ccccc1. The van der Waals surface area contributed by atoms with Crippen LogP contribution in [0.5, 0.6) is 0 Å². The van der Waals surface area contributed by atoms with Crippen LogP contribution < -0.4 is 5.73 Å². The normalized spacial score (nSPS) is 14.4. The van der Waals surface area contributed by atoms with Crippen LogP contribution in [0.1, 0.15) is 10.4 Å². The third kappa shape index (κ3) is 3.13. The Morgan fingerprint density at radius 2 is 1.94 bits per heavy atom. The first-order valence-corrected chi connectivity index (χ1v) is 5.07. The molecule has 0 radical (unpaired) electrons. The van der Waals surface area contributed by atoms with Crippen molar-refractivity contribution < 1.29 is 14.3 Å². The summed E-state index contributed by atoms with van der Waals surface area (Å²) in [5.41, 5.74) is 6.43. The lowest BCUT2D eigenvalue weighted by molar-refractivity contribution is 0.0144. The Labute approximate surface area is 95.3 Å². The van der Waals surface area contributed by atoms with Crippen LogP contribution in [0.3, 0.4) is 0 Å². The van der Waals surface area contributed by atoms with Gasteiger partial charge in [0.05, 0.1) is 12.6 Å². The van der Waals surface area contributed by atoms with E-state index in [0.717, 1.165) is 0 Å². The van der Waals surface area contributed by atoms with Gasteiger partial charge in [0.15, 0.2) is 5.78 Å². The van der Waals surface area contributed by atoms with Gasteiger partial charge in [-0.25, -0.2) is 0 Å². The molecular weight excluding hydrogens is 206 g/mol. The number of benzene rings is 1. The Balaban J connectivity index is 2.73. The molecule has 0 saturated carbocycles. The minimum atomic E-state index is -0.702. The van der Waals surface area contributed by atoms with Crippen molar-refractivity contribution in [3.63, 3.8) is 0 Å². The third-order valence-electron chi connectivity index (χ3n) is 2.40. The number of hydrogen-bond donors (Lipinski definition) is 1. The van der Waals surface area contributed by atoms with Crippen molar-refractivity contribution in [2.75, 3.05) is 20.8 Å². The summed E-state index contributed by atoms with van der Waals surface area (Å²) in [6.07, 6.45) is -0.419. The van der Waals surface area contributed by atoms with Gasteiger partial charge in [0.25, 0.3) is 0 Å². The predicted octanol–water partition coefficient (Wildman–Crippen LogP) is 0.858.